The first kappa shape index (κ1) is 10.3. The first-order valence-corrected chi connectivity index (χ1v) is 4.86. The fourth-order valence-electron chi connectivity index (χ4n) is 1.18. The van der Waals surface area contributed by atoms with Gasteiger partial charge in [0.2, 0.25) is 5.89 Å². The third-order valence-electron chi connectivity index (χ3n) is 1.91. The number of nitrogens with two attached hydrogens (primary N) is 1. The van der Waals surface area contributed by atoms with Gasteiger partial charge in [-0.3, -0.25) is 0 Å². The lowest BCUT2D eigenvalue weighted by Gasteiger charge is -2.01. The molecule has 84 valence electrons. The molecule has 2 aromatic rings. The van der Waals surface area contributed by atoms with Crippen molar-refractivity contribution in [1.29, 1.82) is 0 Å². The Morgan fingerprint density at radius 3 is 2.88 bits per heavy atom. The van der Waals surface area contributed by atoms with E-state index in [9.17, 15) is 0 Å². The van der Waals surface area contributed by atoms with Crippen LogP contribution in [0.15, 0.2) is 16.7 Å². The monoisotopic (exact) mass is 220 g/mol. The van der Waals surface area contributed by atoms with Gasteiger partial charge in [-0.2, -0.15) is 4.98 Å². The van der Waals surface area contributed by atoms with Crippen LogP contribution in [0.3, 0.4) is 0 Å². The van der Waals surface area contributed by atoms with Gasteiger partial charge in [0.15, 0.2) is 5.82 Å². The highest BCUT2D eigenvalue weighted by molar-refractivity contribution is 5.38. The Morgan fingerprint density at radius 2 is 2.25 bits per heavy atom. The zero-order chi connectivity index (χ0) is 11.4. The molecule has 0 aliphatic rings. The number of hydrogen-bond donors (Lipinski definition) is 2. The van der Waals surface area contributed by atoms with Gasteiger partial charge in [-0.25, -0.2) is 0 Å². The highest BCUT2D eigenvalue weighted by atomic mass is 16.5. The summed E-state index contributed by atoms with van der Waals surface area (Å²) in [6.07, 6.45) is 0.670. The zero-order valence-electron chi connectivity index (χ0n) is 8.84. The van der Waals surface area contributed by atoms with Crippen molar-refractivity contribution in [2.24, 2.45) is 0 Å². The molecular formula is C9H12N6O. The molecule has 0 fully saturated rings. The molecule has 0 aromatic carbocycles. The quantitative estimate of drug-likeness (QED) is 0.768. The van der Waals surface area contributed by atoms with Crippen LogP contribution in [0.1, 0.15) is 11.7 Å². The summed E-state index contributed by atoms with van der Waals surface area (Å²) in [5, 5.41) is 14.4. The molecule has 2 aromatic heterocycles. The molecule has 0 amide bonds. The highest BCUT2D eigenvalue weighted by Crippen LogP contribution is 2.03. The summed E-state index contributed by atoms with van der Waals surface area (Å²) in [6, 6.07) is 3.46. The molecule has 16 heavy (non-hydrogen) atoms. The standard InChI is InChI=1S/C9H12N6O/c1-6-12-9(15-16-6)4-5-11-8-3-2-7(10)13-14-8/h2-3H,4-5H2,1H3,(H2,10,13)(H,11,14). The van der Waals surface area contributed by atoms with Crippen LogP contribution >= 0.6 is 0 Å². The van der Waals surface area contributed by atoms with E-state index in [2.05, 4.69) is 25.7 Å². The summed E-state index contributed by atoms with van der Waals surface area (Å²) in [7, 11) is 0. The van der Waals surface area contributed by atoms with Crippen LogP contribution in [0.4, 0.5) is 11.6 Å². The molecule has 0 atom stereocenters. The largest absolute Gasteiger partial charge is 0.382 e. The molecule has 0 aliphatic carbocycles. The molecule has 0 saturated heterocycles. The van der Waals surface area contributed by atoms with Gasteiger partial charge < -0.3 is 15.6 Å². The van der Waals surface area contributed by atoms with Crippen molar-refractivity contribution in [1.82, 2.24) is 20.3 Å². The maximum absolute atomic E-state index is 5.42. The van der Waals surface area contributed by atoms with Crippen molar-refractivity contribution < 1.29 is 4.52 Å². The molecule has 0 aliphatic heterocycles. The van der Waals surface area contributed by atoms with Gasteiger partial charge in [-0.1, -0.05) is 5.16 Å². The Bertz CT molecular complexity index is 451. The van der Waals surface area contributed by atoms with E-state index >= 15 is 0 Å². The summed E-state index contributed by atoms with van der Waals surface area (Å²) >= 11 is 0. The molecule has 7 nitrogen and oxygen atoms in total. The van der Waals surface area contributed by atoms with Gasteiger partial charge in [-0.05, 0) is 12.1 Å². The average Bonchev–Trinajstić information content (AvgIpc) is 2.67. The molecule has 2 rings (SSSR count). The Hall–Kier alpha value is -2.18. The molecule has 2 heterocycles. The topological polar surface area (TPSA) is 103 Å². The number of aromatic nitrogens is 4. The maximum atomic E-state index is 5.42. The average molecular weight is 220 g/mol. The minimum absolute atomic E-state index is 0.402. The molecule has 3 N–H and O–H groups in total. The second-order valence-corrected chi connectivity index (χ2v) is 3.25. The lowest BCUT2D eigenvalue weighted by atomic mass is 10.4. The van der Waals surface area contributed by atoms with Gasteiger partial charge in [0.1, 0.15) is 11.6 Å². The number of hydrogen-bond acceptors (Lipinski definition) is 7. The molecule has 0 bridgehead atoms. The number of rotatable bonds is 4. The van der Waals surface area contributed by atoms with Crippen LogP contribution < -0.4 is 11.1 Å². The second-order valence-electron chi connectivity index (χ2n) is 3.25. The van der Waals surface area contributed by atoms with Gasteiger partial charge in [0, 0.05) is 19.9 Å². The smallest absolute Gasteiger partial charge is 0.223 e. The SMILES string of the molecule is Cc1nc(CCNc2ccc(N)nn2)no1. The van der Waals surface area contributed by atoms with Crippen LogP contribution in [0.2, 0.25) is 0 Å². The summed E-state index contributed by atoms with van der Waals surface area (Å²) in [6.45, 7) is 2.42. The Labute approximate surface area is 92.1 Å². The molecule has 0 spiro atoms. The number of anilines is 2. The van der Waals surface area contributed by atoms with Gasteiger partial charge in [0.25, 0.3) is 0 Å². The predicted molar refractivity (Wildman–Crippen MR) is 57.7 cm³/mol. The second kappa shape index (κ2) is 4.56. The Kier molecular flexibility index (Phi) is 2.95. The van der Waals surface area contributed by atoms with Gasteiger partial charge >= 0.3 is 0 Å². The number of nitrogens with zero attached hydrogens (tertiary/aromatic N) is 4. The number of aryl methyl sites for hydroxylation is 1. The minimum atomic E-state index is 0.402. The van der Waals surface area contributed by atoms with E-state index < -0.39 is 0 Å². The third kappa shape index (κ3) is 2.66. The van der Waals surface area contributed by atoms with Crippen LogP contribution in [0.25, 0.3) is 0 Å². The van der Waals surface area contributed by atoms with Crippen molar-refractivity contribution in [3.63, 3.8) is 0 Å². The summed E-state index contributed by atoms with van der Waals surface area (Å²) < 4.78 is 4.85. The van der Waals surface area contributed by atoms with E-state index in [1.807, 2.05) is 0 Å². The number of nitrogens with one attached hydrogen (secondary N) is 1. The Balaban J connectivity index is 1.82. The summed E-state index contributed by atoms with van der Waals surface area (Å²) in [4.78, 5) is 4.08. The summed E-state index contributed by atoms with van der Waals surface area (Å²) in [5.41, 5.74) is 5.42. The highest BCUT2D eigenvalue weighted by Gasteiger charge is 2.01. The van der Waals surface area contributed by atoms with Crippen LogP contribution in [-0.2, 0) is 6.42 Å². The van der Waals surface area contributed by atoms with Gasteiger partial charge in [-0.15, -0.1) is 10.2 Å². The fraction of sp³-hybridized carbons (Fsp3) is 0.333. The van der Waals surface area contributed by atoms with Crippen LogP contribution in [0.5, 0.6) is 0 Å². The van der Waals surface area contributed by atoms with Crippen molar-refractivity contribution in [2.75, 3.05) is 17.6 Å². The van der Waals surface area contributed by atoms with Gasteiger partial charge in [0.05, 0.1) is 0 Å². The summed E-state index contributed by atoms with van der Waals surface area (Å²) in [5.74, 6) is 2.32. The van der Waals surface area contributed by atoms with E-state index in [4.69, 9.17) is 10.3 Å². The van der Waals surface area contributed by atoms with Crippen molar-refractivity contribution >= 4 is 11.6 Å². The molecule has 0 radical (unpaired) electrons. The minimum Gasteiger partial charge on any atom is -0.382 e. The normalized spacial score (nSPS) is 10.3. The van der Waals surface area contributed by atoms with Crippen LogP contribution in [-0.4, -0.2) is 26.9 Å². The van der Waals surface area contributed by atoms with Crippen molar-refractivity contribution in [3.05, 3.63) is 23.8 Å². The molecule has 0 saturated carbocycles. The fourth-order valence-corrected chi connectivity index (χ4v) is 1.18. The maximum Gasteiger partial charge on any atom is 0.223 e. The predicted octanol–water partition coefficient (Wildman–Crippen LogP) is 0.405. The lowest BCUT2D eigenvalue weighted by Crippen LogP contribution is -2.08. The van der Waals surface area contributed by atoms with E-state index in [1.165, 1.54) is 0 Å². The zero-order valence-corrected chi connectivity index (χ0v) is 8.84. The third-order valence-corrected chi connectivity index (χ3v) is 1.91. The lowest BCUT2D eigenvalue weighted by molar-refractivity contribution is 0.387. The first-order valence-electron chi connectivity index (χ1n) is 4.86. The Morgan fingerprint density at radius 1 is 1.38 bits per heavy atom. The number of nitrogen functional groups attached to an aromatic ring is 1. The van der Waals surface area contributed by atoms with E-state index in [-0.39, 0.29) is 0 Å². The van der Waals surface area contributed by atoms with E-state index in [0.29, 0.717) is 36.3 Å². The molecule has 0 unspecified atom stereocenters. The van der Waals surface area contributed by atoms with Crippen LogP contribution in [0, 0.1) is 6.92 Å². The first-order chi connectivity index (χ1) is 7.74. The van der Waals surface area contributed by atoms with Crippen molar-refractivity contribution in [2.45, 2.75) is 13.3 Å². The molecular weight excluding hydrogens is 208 g/mol. The molecule has 7 heteroatoms. The van der Waals surface area contributed by atoms with E-state index in [1.54, 1.807) is 19.1 Å². The van der Waals surface area contributed by atoms with Crippen molar-refractivity contribution in [3.8, 4) is 0 Å². The van der Waals surface area contributed by atoms with E-state index in [0.717, 1.165) is 0 Å².